The van der Waals surface area contributed by atoms with Gasteiger partial charge in [0.2, 0.25) is 11.8 Å². The molecule has 0 bridgehead atoms. The lowest BCUT2D eigenvalue weighted by Crippen LogP contribution is -2.45. The minimum absolute atomic E-state index is 0.0254. The van der Waals surface area contributed by atoms with Crippen molar-refractivity contribution >= 4 is 17.5 Å². The van der Waals surface area contributed by atoms with Crippen molar-refractivity contribution in [2.45, 2.75) is 40.3 Å². The van der Waals surface area contributed by atoms with Crippen molar-refractivity contribution in [1.29, 1.82) is 0 Å². The van der Waals surface area contributed by atoms with Crippen molar-refractivity contribution in [2.75, 3.05) is 12.4 Å². The van der Waals surface area contributed by atoms with Gasteiger partial charge in [-0.05, 0) is 17.0 Å². The highest BCUT2D eigenvalue weighted by Crippen LogP contribution is 2.21. The molecule has 1 atom stereocenters. The van der Waals surface area contributed by atoms with E-state index in [1.54, 1.807) is 11.9 Å². The second kappa shape index (κ2) is 6.72. The molecule has 1 aromatic rings. The molecule has 0 aromatic heterocycles. The van der Waals surface area contributed by atoms with E-state index in [-0.39, 0.29) is 17.2 Å². The fourth-order valence-corrected chi connectivity index (χ4v) is 1.75. The monoisotopic (exact) mass is 291 g/mol. The van der Waals surface area contributed by atoms with Gasteiger partial charge >= 0.3 is 0 Å². The van der Waals surface area contributed by atoms with Gasteiger partial charge in [-0.15, -0.1) is 0 Å². The average molecular weight is 291 g/mol. The van der Waals surface area contributed by atoms with Gasteiger partial charge < -0.3 is 16.0 Å². The van der Waals surface area contributed by atoms with Gasteiger partial charge in [0.15, 0.2) is 0 Å². The number of nitrogens with one attached hydrogen (secondary N) is 1. The number of amides is 2. The van der Waals surface area contributed by atoms with Gasteiger partial charge in [-0.2, -0.15) is 0 Å². The van der Waals surface area contributed by atoms with Crippen molar-refractivity contribution in [3.63, 3.8) is 0 Å². The molecule has 1 rings (SSSR count). The van der Waals surface area contributed by atoms with E-state index in [1.165, 1.54) is 6.92 Å². The molecular weight excluding hydrogens is 266 g/mol. The summed E-state index contributed by atoms with van der Waals surface area (Å²) >= 11 is 0. The predicted molar refractivity (Wildman–Crippen MR) is 84.7 cm³/mol. The van der Waals surface area contributed by atoms with Crippen molar-refractivity contribution in [3.05, 3.63) is 29.8 Å². The number of nitrogens with two attached hydrogens (primary N) is 1. The van der Waals surface area contributed by atoms with E-state index in [4.69, 9.17) is 5.73 Å². The number of nitrogens with zero attached hydrogens (tertiary/aromatic N) is 1. The third-order valence-corrected chi connectivity index (χ3v) is 3.44. The lowest BCUT2D eigenvalue weighted by atomic mass is 9.87. The van der Waals surface area contributed by atoms with Crippen LogP contribution in [0.2, 0.25) is 0 Å². The van der Waals surface area contributed by atoms with Crippen LogP contribution in [-0.2, 0) is 16.1 Å². The molecule has 3 N–H and O–H groups in total. The third kappa shape index (κ3) is 4.86. The predicted octanol–water partition coefficient (Wildman–Crippen LogP) is 1.98. The zero-order valence-electron chi connectivity index (χ0n) is 13.4. The van der Waals surface area contributed by atoms with Crippen molar-refractivity contribution in [2.24, 2.45) is 11.1 Å². The maximum Gasteiger partial charge on any atom is 0.241 e. The molecule has 0 spiro atoms. The Morgan fingerprint density at radius 1 is 1.29 bits per heavy atom. The first-order valence-electron chi connectivity index (χ1n) is 6.99. The Balaban J connectivity index is 2.89. The molecule has 0 unspecified atom stereocenters. The summed E-state index contributed by atoms with van der Waals surface area (Å²) in [6.45, 7) is 7.72. The molecule has 21 heavy (non-hydrogen) atoms. The first-order valence-corrected chi connectivity index (χ1v) is 6.99. The molecular formula is C16H25N3O2. The Hall–Kier alpha value is -1.88. The summed E-state index contributed by atoms with van der Waals surface area (Å²) in [6, 6.07) is 6.82. The largest absolute Gasteiger partial charge is 0.342 e. The first kappa shape index (κ1) is 17.2. The quantitative estimate of drug-likeness (QED) is 0.890. The van der Waals surface area contributed by atoms with Gasteiger partial charge in [-0.25, -0.2) is 0 Å². The third-order valence-electron chi connectivity index (χ3n) is 3.44. The minimum atomic E-state index is -0.601. The Morgan fingerprint density at radius 3 is 2.38 bits per heavy atom. The minimum Gasteiger partial charge on any atom is -0.342 e. The van der Waals surface area contributed by atoms with Gasteiger partial charge in [-0.3, -0.25) is 9.59 Å². The summed E-state index contributed by atoms with van der Waals surface area (Å²) in [6.07, 6.45) is 0. The van der Waals surface area contributed by atoms with Crippen LogP contribution < -0.4 is 11.1 Å². The second-order valence-corrected chi connectivity index (χ2v) is 6.37. The highest BCUT2D eigenvalue weighted by Gasteiger charge is 2.27. The fraction of sp³-hybridized carbons (Fsp3) is 0.500. The number of rotatable bonds is 4. The highest BCUT2D eigenvalue weighted by atomic mass is 16.2. The number of hydrogen-bond donors (Lipinski definition) is 2. The molecule has 0 aliphatic heterocycles. The van der Waals surface area contributed by atoms with Crippen molar-refractivity contribution in [3.8, 4) is 0 Å². The van der Waals surface area contributed by atoms with Crippen LogP contribution in [0.25, 0.3) is 0 Å². The van der Waals surface area contributed by atoms with E-state index in [1.807, 2.05) is 45.0 Å². The maximum absolute atomic E-state index is 12.2. The molecule has 116 valence electrons. The van der Waals surface area contributed by atoms with Crippen molar-refractivity contribution < 1.29 is 9.59 Å². The van der Waals surface area contributed by atoms with E-state index in [0.29, 0.717) is 12.2 Å². The van der Waals surface area contributed by atoms with Crippen LogP contribution in [-0.4, -0.2) is 29.8 Å². The Bertz CT molecular complexity index is 520. The number of carbonyl (C=O) groups excluding carboxylic acids is 2. The van der Waals surface area contributed by atoms with E-state index in [9.17, 15) is 9.59 Å². The van der Waals surface area contributed by atoms with Gasteiger partial charge in [0.25, 0.3) is 0 Å². The van der Waals surface area contributed by atoms with Gasteiger partial charge in [-0.1, -0.05) is 39.0 Å². The summed E-state index contributed by atoms with van der Waals surface area (Å²) in [4.78, 5) is 25.1. The molecule has 0 saturated heterocycles. The van der Waals surface area contributed by atoms with E-state index < -0.39 is 6.04 Å². The average Bonchev–Trinajstić information content (AvgIpc) is 2.38. The highest BCUT2D eigenvalue weighted by molar-refractivity contribution is 5.95. The normalized spacial score (nSPS) is 12.7. The molecule has 5 nitrogen and oxygen atoms in total. The molecule has 0 heterocycles. The molecule has 0 fully saturated rings. The number of carbonyl (C=O) groups is 2. The summed E-state index contributed by atoms with van der Waals surface area (Å²) in [5.41, 5.74) is 7.22. The summed E-state index contributed by atoms with van der Waals surface area (Å²) in [7, 11) is 1.72. The van der Waals surface area contributed by atoms with Crippen LogP contribution in [0.5, 0.6) is 0 Å². The smallest absolute Gasteiger partial charge is 0.241 e. The van der Waals surface area contributed by atoms with Crippen LogP contribution in [0.3, 0.4) is 0 Å². The molecule has 2 amide bonds. The van der Waals surface area contributed by atoms with Crippen LogP contribution in [0.1, 0.15) is 33.3 Å². The first-order chi connectivity index (χ1) is 9.62. The lowest BCUT2D eigenvalue weighted by Gasteiger charge is -2.26. The van der Waals surface area contributed by atoms with Gasteiger partial charge in [0.1, 0.15) is 0 Å². The number of hydrogen-bond acceptors (Lipinski definition) is 3. The number of para-hydroxylation sites is 1. The fourth-order valence-electron chi connectivity index (χ4n) is 1.75. The zero-order chi connectivity index (χ0) is 16.2. The van der Waals surface area contributed by atoms with Crippen LogP contribution in [0, 0.1) is 5.41 Å². The Kier molecular flexibility index (Phi) is 5.49. The van der Waals surface area contributed by atoms with Crippen LogP contribution in [0.4, 0.5) is 5.69 Å². The molecule has 0 radical (unpaired) electrons. The Morgan fingerprint density at radius 2 is 1.86 bits per heavy atom. The zero-order valence-corrected chi connectivity index (χ0v) is 13.4. The summed E-state index contributed by atoms with van der Waals surface area (Å²) in [5.74, 6) is -0.247. The number of benzene rings is 1. The van der Waals surface area contributed by atoms with E-state index in [2.05, 4.69) is 5.32 Å². The second-order valence-electron chi connectivity index (χ2n) is 6.37. The van der Waals surface area contributed by atoms with E-state index in [0.717, 1.165) is 5.56 Å². The topological polar surface area (TPSA) is 75.4 Å². The molecule has 0 aliphatic rings. The van der Waals surface area contributed by atoms with Gasteiger partial charge in [0, 0.05) is 26.2 Å². The summed E-state index contributed by atoms with van der Waals surface area (Å²) in [5, 5.41) is 2.86. The standard InChI is InChI=1S/C16H25N3O2/c1-11(20)19(5)10-12-8-6-7-9-13(12)18-15(21)14(17)16(2,3)4/h6-9,14H,10,17H2,1-5H3,(H,18,21)/t14-/m0/s1. The van der Waals surface area contributed by atoms with E-state index >= 15 is 0 Å². The Labute approximate surface area is 126 Å². The number of anilines is 1. The van der Waals surface area contributed by atoms with Crippen LogP contribution >= 0.6 is 0 Å². The lowest BCUT2D eigenvalue weighted by molar-refractivity contribution is -0.128. The molecule has 5 heteroatoms. The SMILES string of the molecule is CC(=O)N(C)Cc1ccccc1NC(=O)[C@H](N)C(C)(C)C. The molecule has 0 aliphatic carbocycles. The van der Waals surface area contributed by atoms with Gasteiger partial charge in [0.05, 0.1) is 6.04 Å². The van der Waals surface area contributed by atoms with Crippen LogP contribution in [0.15, 0.2) is 24.3 Å². The molecule has 1 aromatic carbocycles. The van der Waals surface area contributed by atoms with Crippen molar-refractivity contribution in [1.82, 2.24) is 4.90 Å². The summed E-state index contributed by atoms with van der Waals surface area (Å²) < 4.78 is 0. The molecule has 0 saturated carbocycles. The maximum atomic E-state index is 12.2.